The van der Waals surface area contributed by atoms with E-state index in [1.165, 1.54) is 173 Å². The molecule has 0 aromatic rings. The fraction of sp³-hybridized carbons (Fsp3) is 0.974. The van der Waals surface area contributed by atoms with Crippen LogP contribution in [0.25, 0.3) is 0 Å². The molecule has 258 valence electrons. The molecule has 0 aliphatic rings. The molecule has 4 nitrogen and oxygen atoms in total. The van der Waals surface area contributed by atoms with Crippen molar-refractivity contribution in [1.82, 2.24) is 5.32 Å². The standard InChI is InChI=1S/C39H79NO3/c1-3-5-7-9-11-13-15-17-18-19-20-21-23-24-26-28-30-32-34-38(42)37(36-41)40-39(43)35-33-31-29-27-25-22-16-14-12-10-8-6-4-2/h37-38,41-42H,3-36H2,1-2H3,(H,40,43). The van der Waals surface area contributed by atoms with Crippen LogP contribution < -0.4 is 5.32 Å². The number of carbonyl (C=O) groups excluding carboxylic acids is 1. The number of carbonyl (C=O) groups is 1. The number of aliphatic hydroxyl groups excluding tert-OH is 2. The highest BCUT2D eigenvalue weighted by atomic mass is 16.3. The normalized spacial score (nSPS) is 12.9. The van der Waals surface area contributed by atoms with Crippen LogP contribution in [0.15, 0.2) is 0 Å². The van der Waals surface area contributed by atoms with Crippen LogP contribution in [0.4, 0.5) is 0 Å². The molecule has 0 heterocycles. The molecule has 2 atom stereocenters. The Morgan fingerprint density at radius 2 is 0.744 bits per heavy atom. The van der Waals surface area contributed by atoms with Crippen molar-refractivity contribution in [3.63, 3.8) is 0 Å². The van der Waals surface area contributed by atoms with Gasteiger partial charge in [0.15, 0.2) is 0 Å². The van der Waals surface area contributed by atoms with E-state index >= 15 is 0 Å². The Bertz CT molecular complexity index is 541. The van der Waals surface area contributed by atoms with E-state index in [1.54, 1.807) is 0 Å². The minimum Gasteiger partial charge on any atom is -0.394 e. The molecule has 0 rings (SSSR count). The summed E-state index contributed by atoms with van der Waals surface area (Å²) in [6.07, 6.45) is 41.6. The maximum atomic E-state index is 12.3. The lowest BCUT2D eigenvalue weighted by Gasteiger charge is -2.22. The van der Waals surface area contributed by atoms with E-state index in [-0.39, 0.29) is 12.5 Å². The average molecular weight is 610 g/mol. The Labute approximate surface area is 270 Å². The highest BCUT2D eigenvalue weighted by Gasteiger charge is 2.19. The molecule has 0 saturated carbocycles. The summed E-state index contributed by atoms with van der Waals surface area (Å²) in [6, 6.07) is -0.528. The minimum absolute atomic E-state index is 0.0287. The predicted molar refractivity (Wildman–Crippen MR) is 189 cm³/mol. The maximum Gasteiger partial charge on any atom is 0.220 e. The smallest absolute Gasteiger partial charge is 0.220 e. The van der Waals surface area contributed by atoms with E-state index < -0.39 is 12.1 Å². The van der Waals surface area contributed by atoms with Crippen LogP contribution >= 0.6 is 0 Å². The first kappa shape index (κ1) is 42.4. The molecule has 0 radical (unpaired) electrons. The SMILES string of the molecule is CCCCCCCCCCCCCCCCCCCCC(O)C(CO)NC(=O)CCCCCCCCCCCCCCC. The van der Waals surface area contributed by atoms with Gasteiger partial charge in [0.05, 0.1) is 18.8 Å². The third-order valence-electron chi connectivity index (χ3n) is 9.37. The second kappa shape index (κ2) is 35.9. The number of unbranched alkanes of at least 4 members (excludes halogenated alkanes) is 29. The lowest BCUT2D eigenvalue weighted by molar-refractivity contribution is -0.123. The monoisotopic (exact) mass is 610 g/mol. The van der Waals surface area contributed by atoms with Gasteiger partial charge >= 0.3 is 0 Å². The fourth-order valence-electron chi connectivity index (χ4n) is 6.30. The van der Waals surface area contributed by atoms with Crippen molar-refractivity contribution in [3.8, 4) is 0 Å². The van der Waals surface area contributed by atoms with Gasteiger partial charge in [-0.3, -0.25) is 4.79 Å². The van der Waals surface area contributed by atoms with Crippen LogP contribution in [0.3, 0.4) is 0 Å². The van der Waals surface area contributed by atoms with Gasteiger partial charge in [0, 0.05) is 6.42 Å². The van der Waals surface area contributed by atoms with Crippen molar-refractivity contribution in [2.24, 2.45) is 0 Å². The summed E-state index contributed by atoms with van der Waals surface area (Å²) in [5.74, 6) is -0.0287. The van der Waals surface area contributed by atoms with Crippen LogP contribution in [0.1, 0.15) is 226 Å². The second-order valence-electron chi connectivity index (χ2n) is 13.7. The van der Waals surface area contributed by atoms with E-state index in [2.05, 4.69) is 19.2 Å². The Balaban J connectivity index is 3.49. The molecule has 0 spiro atoms. The number of hydrogen-bond acceptors (Lipinski definition) is 3. The second-order valence-corrected chi connectivity index (χ2v) is 13.7. The zero-order valence-electron chi connectivity index (χ0n) is 29.5. The first-order chi connectivity index (χ1) is 21.2. The predicted octanol–water partition coefficient (Wildman–Crippen LogP) is 11.7. The quantitative estimate of drug-likeness (QED) is 0.0619. The number of rotatable bonds is 36. The summed E-state index contributed by atoms with van der Waals surface area (Å²) in [5.41, 5.74) is 0. The molecule has 3 N–H and O–H groups in total. The first-order valence-electron chi connectivity index (χ1n) is 19.7. The molecule has 2 unspecified atom stereocenters. The summed E-state index contributed by atoms with van der Waals surface area (Å²) in [4.78, 5) is 12.3. The Hall–Kier alpha value is -0.610. The van der Waals surface area contributed by atoms with Crippen molar-refractivity contribution >= 4 is 5.91 Å². The number of hydrogen-bond donors (Lipinski definition) is 3. The summed E-state index contributed by atoms with van der Waals surface area (Å²) in [5, 5.41) is 23.1. The molecular formula is C39H79NO3. The van der Waals surface area contributed by atoms with Gasteiger partial charge in [0.25, 0.3) is 0 Å². The summed E-state index contributed by atoms with van der Waals surface area (Å²) < 4.78 is 0. The maximum absolute atomic E-state index is 12.3. The zero-order chi connectivity index (χ0) is 31.5. The third-order valence-corrected chi connectivity index (χ3v) is 9.37. The van der Waals surface area contributed by atoms with E-state index in [0.717, 1.165) is 25.7 Å². The van der Waals surface area contributed by atoms with E-state index in [1.807, 2.05) is 0 Å². The average Bonchev–Trinajstić information content (AvgIpc) is 3.01. The number of nitrogens with one attached hydrogen (secondary N) is 1. The Morgan fingerprint density at radius 3 is 1.05 bits per heavy atom. The Morgan fingerprint density at radius 1 is 0.465 bits per heavy atom. The first-order valence-corrected chi connectivity index (χ1v) is 19.7. The van der Waals surface area contributed by atoms with Gasteiger partial charge in [-0.25, -0.2) is 0 Å². The van der Waals surface area contributed by atoms with Crippen LogP contribution in [0.5, 0.6) is 0 Å². The molecule has 43 heavy (non-hydrogen) atoms. The minimum atomic E-state index is -0.651. The Kier molecular flexibility index (Phi) is 35.4. The van der Waals surface area contributed by atoms with Crippen molar-refractivity contribution in [2.45, 2.75) is 238 Å². The van der Waals surface area contributed by atoms with Crippen LogP contribution in [0.2, 0.25) is 0 Å². The molecule has 0 fully saturated rings. The lowest BCUT2D eigenvalue weighted by Crippen LogP contribution is -2.45. The van der Waals surface area contributed by atoms with Crippen LogP contribution in [0, 0.1) is 0 Å². The fourth-order valence-corrected chi connectivity index (χ4v) is 6.30. The number of amides is 1. The highest BCUT2D eigenvalue weighted by molar-refractivity contribution is 5.76. The number of aliphatic hydroxyl groups is 2. The molecule has 4 heteroatoms. The molecule has 0 aliphatic carbocycles. The van der Waals surface area contributed by atoms with Crippen molar-refractivity contribution in [1.29, 1.82) is 0 Å². The molecule has 0 saturated heterocycles. The van der Waals surface area contributed by atoms with Gasteiger partial charge < -0.3 is 15.5 Å². The van der Waals surface area contributed by atoms with Crippen LogP contribution in [-0.2, 0) is 4.79 Å². The van der Waals surface area contributed by atoms with E-state index in [4.69, 9.17) is 0 Å². The van der Waals surface area contributed by atoms with Crippen molar-refractivity contribution in [3.05, 3.63) is 0 Å². The summed E-state index contributed by atoms with van der Waals surface area (Å²) in [7, 11) is 0. The van der Waals surface area contributed by atoms with Gasteiger partial charge in [-0.1, -0.05) is 206 Å². The van der Waals surface area contributed by atoms with Gasteiger partial charge in [-0.05, 0) is 12.8 Å². The van der Waals surface area contributed by atoms with Crippen molar-refractivity contribution in [2.75, 3.05) is 6.61 Å². The summed E-state index contributed by atoms with van der Waals surface area (Å²) in [6.45, 7) is 4.37. The zero-order valence-corrected chi connectivity index (χ0v) is 29.5. The van der Waals surface area contributed by atoms with Crippen molar-refractivity contribution < 1.29 is 15.0 Å². The van der Waals surface area contributed by atoms with Gasteiger partial charge in [0.2, 0.25) is 5.91 Å². The van der Waals surface area contributed by atoms with E-state index in [0.29, 0.717) is 12.8 Å². The highest BCUT2D eigenvalue weighted by Crippen LogP contribution is 2.16. The molecule has 0 aliphatic heterocycles. The molecule has 0 bridgehead atoms. The molecule has 0 aromatic heterocycles. The molecular weight excluding hydrogens is 530 g/mol. The van der Waals surface area contributed by atoms with Crippen LogP contribution in [-0.4, -0.2) is 34.9 Å². The lowest BCUT2D eigenvalue weighted by atomic mass is 10.0. The van der Waals surface area contributed by atoms with Gasteiger partial charge in [-0.15, -0.1) is 0 Å². The largest absolute Gasteiger partial charge is 0.394 e. The molecule has 1 amide bonds. The van der Waals surface area contributed by atoms with Gasteiger partial charge in [0.1, 0.15) is 0 Å². The third kappa shape index (κ3) is 32.6. The summed E-state index contributed by atoms with van der Waals surface area (Å²) >= 11 is 0. The van der Waals surface area contributed by atoms with E-state index in [9.17, 15) is 15.0 Å². The van der Waals surface area contributed by atoms with Gasteiger partial charge in [-0.2, -0.15) is 0 Å². The topological polar surface area (TPSA) is 69.6 Å². The molecule has 0 aromatic carbocycles.